The summed E-state index contributed by atoms with van der Waals surface area (Å²) in [7, 11) is 1.82. The van der Waals surface area contributed by atoms with Crippen molar-refractivity contribution < 1.29 is 9.15 Å². The van der Waals surface area contributed by atoms with Crippen molar-refractivity contribution in [1.82, 2.24) is 10.2 Å². The molecule has 0 saturated carbocycles. The zero-order valence-corrected chi connectivity index (χ0v) is 11.7. The first kappa shape index (κ1) is 13.2. The molecule has 1 spiro atoms. The van der Waals surface area contributed by atoms with Crippen LogP contribution >= 0.6 is 0 Å². The molecule has 2 aliphatic heterocycles. The van der Waals surface area contributed by atoms with E-state index in [1.54, 1.807) is 6.26 Å². The van der Waals surface area contributed by atoms with Crippen LogP contribution in [0.4, 0.5) is 0 Å². The van der Waals surface area contributed by atoms with Gasteiger partial charge in [-0.1, -0.05) is 0 Å². The molecule has 3 rings (SSSR count). The Kier molecular flexibility index (Phi) is 3.91. The van der Waals surface area contributed by atoms with Gasteiger partial charge in [-0.05, 0) is 43.5 Å². The third kappa shape index (κ3) is 2.71. The van der Waals surface area contributed by atoms with Crippen LogP contribution in [0.25, 0.3) is 0 Å². The van der Waals surface area contributed by atoms with E-state index in [0.29, 0.717) is 11.3 Å². The first-order valence-corrected chi connectivity index (χ1v) is 7.27. The van der Waals surface area contributed by atoms with Crippen molar-refractivity contribution in [2.24, 2.45) is 11.3 Å². The molecule has 2 saturated heterocycles. The lowest BCUT2D eigenvalue weighted by Gasteiger charge is -2.38. The van der Waals surface area contributed by atoms with E-state index in [-0.39, 0.29) is 0 Å². The minimum absolute atomic E-state index is 0.452. The number of nitrogens with one attached hydrogen (secondary N) is 1. The van der Waals surface area contributed by atoms with Crippen molar-refractivity contribution in [1.29, 1.82) is 0 Å². The van der Waals surface area contributed by atoms with Crippen molar-refractivity contribution in [2.75, 3.05) is 39.9 Å². The summed E-state index contributed by atoms with van der Waals surface area (Å²) in [6.45, 7) is 6.43. The third-order valence-electron chi connectivity index (χ3n) is 4.81. The van der Waals surface area contributed by atoms with E-state index in [1.165, 1.54) is 19.4 Å². The summed E-state index contributed by atoms with van der Waals surface area (Å²) in [5, 5.41) is 3.48. The van der Waals surface area contributed by atoms with Gasteiger partial charge in [0.2, 0.25) is 0 Å². The standard InChI is InChI=1S/C15H24N2O2/c1-18-11-13-9-17(10-14-3-2-8-19-14)12-15(13)4-6-16-7-5-15/h2-3,8,13,16H,4-7,9-12H2,1H3/t13-/m0/s1. The van der Waals surface area contributed by atoms with Crippen molar-refractivity contribution in [2.45, 2.75) is 19.4 Å². The van der Waals surface area contributed by atoms with Crippen LogP contribution in [0.5, 0.6) is 0 Å². The van der Waals surface area contributed by atoms with Crippen LogP contribution in [-0.2, 0) is 11.3 Å². The Morgan fingerprint density at radius 3 is 3.00 bits per heavy atom. The Balaban J connectivity index is 1.69. The number of furan rings is 1. The van der Waals surface area contributed by atoms with Crippen molar-refractivity contribution in [3.8, 4) is 0 Å². The first-order valence-electron chi connectivity index (χ1n) is 7.27. The van der Waals surface area contributed by atoms with Crippen LogP contribution < -0.4 is 5.32 Å². The molecule has 1 aromatic rings. The molecular weight excluding hydrogens is 240 g/mol. The molecule has 0 radical (unpaired) electrons. The molecular formula is C15H24N2O2. The van der Waals surface area contributed by atoms with Gasteiger partial charge in [-0.3, -0.25) is 4.90 Å². The minimum atomic E-state index is 0.452. The largest absolute Gasteiger partial charge is 0.468 e. The smallest absolute Gasteiger partial charge is 0.117 e. The molecule has 0 bridgehead atoms. The average Bonchev–Trinajstić information content (AvgIpc) is 3.02. The fraction of sp³-hybridized carbons (Fsp3) is 0.733. The second-order valence-corrected chi connectivity index (χ2v) is 6.01. The average molecular weight is 264 g/mol. The lowest BCUT2D eigenvalue weighted by atomic mass is 9.71. The molecule has 106 valence electrons. The molecule has 0 aliphatic carbocycles. The quantitative estimate of drug-likeness (QED) is 0.898. The number of piperidine rings is 1. The molecule has 0 unspecified atom stereocenters. The fourth-order valence-electron chi connectivity index (χ4n) is 3.81. The molecule has 19 heavy (non-hydrogen) atoms. The van der Waals surface area contributed by atoms with Gasteiger partial charge in [-0.2, -0.15) is 0 Å². The van der Waals surface area contributed by atoms with Crippen LogP contribution in [-0.4, -0.2) is 44.8 Å². The zero-order chi connectivity index (χ0) is 13.1. The van der Waals surface area contributed by atoms with E-state index in [4.69, 9.17) is 9.15 Å². The Hall–Kier alpha value is -0.840. The summed E-state index contributed by atoms with van der Waals surface area (Å²) in [4.78, 5) is 2.54. The summed E-state index contributed by atoms with van der Waals surface area (Å²) in [5.41, 5.74) is 0.452. The third-order valence-corrected chi connectivity index (χ3v) is 4.81. The SMILES string of the molecule is COC[C@@H]1CN(Cc2ccco2)CC12CCNCC2. The molecule has 2 aliphatic rings. The Bertz CT molecular complexity index is 385. The van der Waals surface area contributed by atoms with E-state index in [2.05, 4.69) is 16.3 Å². The van der Waals surface area contributed by atoms with Gasteiger partial charge < -0.3 is 14.5 Å². The number of hydrogen-bond acceptors (Lipinski definition) is 4. The number of rotatable bonds is 4. The van der Waals surface area contributed by atoms with E-state index in [9.17, 15) is 0 Å². The second kappa shape index (κ2) is 5.65. The monoisotopic (exact) mass is 264 g/mol. The molecule has 4 nitrogen and oxygen atoms in total. The van der Waals surface area contributed by atoms with Crippen molar-refractivity contribution in [3.05, 3.63) is 24.2 Å². The summed E-state index contributed by atoms with van der Waals surface area (Å²) in [5.74, 6) is 1.73. The molecule has 3 heterocycles. The number of ether oxygens (including phenoxy) is 1. The summed E-state index contributed by atoms with van der Waals surface area (Å²) < 4.78 is 10.9. The highest BCUT2D eigenvalue weighted by molar-refractivity contribution is 5.03. The van der Waals surface area contributed by atoms with Crippen LogP contribution in [0.15, 0.2) is 22.8 Å². The normalized spacial score (nSPS) is 27.1. The van der Waals surface area contributed by atoms with Crippen LogP contribution in [0.3, 0.4) is 0 Å². The topological polar surface area (TPSA) is 37.6 Å². The number of nitrogens with zero attached hydrogens (tertiary/aromatic N) is 1. The molecule has 0 amide bonds. The van der Waals surface area contributed by atoms with E-state index in [0.717, 1.165) is 38.5 Å². The van der Waals surface area contributed by atoms with E-state index in [1.807, 2.05) is 13.2 Å². The summed E-state index contributed by atoms with van der Waals surface area (Å²) in [6, 6.07) is 4.04. The predicted molar refractivity (Wildman–Crippen MR) is 73.9 cm³/mol. The highest BCUT2D eigenvalue weighted by Crippen LogP contribution is 2.43. The van der Waals surface area contributed by atoms with Crippen LogP contribution in [0.2, 0.25) is 0 Å². The fourth-order valence-corrected chi connectivity index (χ4v) is 3.81. The maximum atomic E-state index is 5.48. The van der Waals surface area contributed by atoms with Gasteiger partial charge in [-0.25, -0.2) is 0 Å². The Labute approximate surface area is 115 Å². The highest BCUT2D eigenvalue weighted by atomic mass is 16.5. The summed E-state index contributed by atoms with van der Waals surface area (Å²) >= 11 is 0. The lowest BCUT2D eigenvalue weighted by molar-refractivity contribution is 0.0716. The van der Waals surface area contributed by atoms with E-state index >= 15 is 0 Å². The molecule has 2 fully saturated rings. The van der Waals surface area contributed by atoms with Gasteiger partial charge in [0.05, 0.1) is 19.4 Å². The van der Waals surface area contributed by atoms with E-state index < -0.39 is 0 Å². The van der Waals surface area contributed by atoms with Crippen molar-refractivity contribution >= 4 is 0 Å². The van der Waals surface area contributed by atoms with Crippen LogP contribution in [0, 0.1) is 11.3 Å². The molecule has 1 atom stereocenters. The maximum Gasteiger partial charge on any atom is 0.117 e. The maximum absolute atomic E-state index is 5.48. The van der Waals surface area contributed by atoms with Gasteiger partial charge >= 0.3 is 0 Å². The summed E-state index contributed by atoms with van der Waals surface area (Å²) in [6.07, 6.45) is 4.31. The van der Waals surface area contributed by atoms with Gasteiger partial charge in [-0.15, -0.1) is 0 Å². The van der Waals surface area contributed by atoms with Gasteiger partial charge in [0.25, 0.3) is 0 Å². The van der Waals surface area contributed by atoms with Gasteiger partial charge in [0.1, 0.15) is 5.76 Å². The predicted octanol–water partition coefficient (Wildman–Crippen LogP) is 1.73. The lowest BCUT2D eigenvalue weighted by Crippen LogP contribution is -2.43. The first-order chi connectivity index (χ1) is 9.32. The van der Waals surface area contributed by atoms with Crippen molar-refractivity contribution in [3.63, 3.8) is 0 Å². The number of hydrogen-bond donors (Lipinski definition) is 1. The van der Waals surface area contributed by atoms with Crippen LogP contribution in [0.1, 0.15) is 18.6 Å². The minimum Gasteiger partial charge on any atom is -0.468 e. The highest BCUT2D eigenvalue weighted by Gasteiger charge is 2.46. The van der Waals surface area contributed by atoms with Gasteiger partial charge in [0.15, 0.2) is 0 Å². The number of methoxy groups -OCH3 is 1. The Morgan fingerprint density at radius 1 is 1.47 bits per heavy atom. The molecule has 1 aromatic heterocycles. The Morgan fingerprint density at radius 2 is 2.32 bits per heavy atom. The molecule has 1 N–H and O–H groups in total. The zero-order valence-electron chi connectivity index (χ0n) is 11.7. The van der Waals surface area contributed by atoms with Gasteiger partial charge in [0, 0.05) is 26.1 Å². The molecule has 0 aromatic carbocycles. The number of likely N-dealkylation sites (tertiary alicyclic amines) is 1. The molecule has 4 heteroatoms. The second-order valence-electron chi connectivity index (χ2n) is 6.01.